The minimum Gasteiger partial charge on any atom is -0.311 e. The molecule has 7 heavy (non-hydrogen) atoms. The van der Waals surface area contributed by atoms with Crippen LogP contribution in [0.15, 0.2) is 0 Å². The van der Waals surface area contributed by atoms with E-state index in [1.807, 2.05) is 0 Å². The topological polar surface area (TPSA) is 45.7 Å². The summed E-state index contributed by atoms with van der Waals surface area (Å²) < 4.78 is 0. The van der Waals surface area contributed by atoms with E-state index in [0.29, 0.717) is 12.5 Å². The van der Waals surface area contributed by atoms with Crippen molar-refractivity contribution in [1.29, 1.82) is 5.26 Å². The Bertz CT molecular complexity index is 88.7. The number of nitrogens with one attached hydrogen (secondary N) is 1. The molecule has 0 aromatic rings. The Kier molecular flexibility index (Phi) is 1.28. The highest BCUT2D eigenvalue weighted by molar-refractivity contribution is 4.86. The zero-order valence-corrected chi connectivity index (χ0v) is 4.15. The highest BCUT2D eigenvalue weighted by Gasteiger charge is 2.17. The van der Waals surface area contributed by atoms with Gasteiger partial charge in [0.1, 0.15) is 0 Å². The van der Waals surface area contributed by atoms with Crippen LogP contribution < -0.4 is 5.32 Å². The van der Waals surface area contributed by atoms with E-state index in [1.165, 1.54) is 0 Å². The van der Waals surface area contributed by atoms with E-state index in [-0.39, 0.29) is 0 Å². The molecule has 1 saturated heterocycles. The maximum atomic E-state index is 8.07. The largest absolute Gasteiger partial charge is 0.311 e. The van der Waals surface area contributed by atoms with Crippen LogP contribution in [0.5, 0.6) is 0 Å². The van der Waals surface area contributed by atoms with Crippen molar-refractivity contribution in [1.82, 2.24) is 5.32 Å². The van der Waals surface area contributed by atoms with Gasteiger partial charge in [0.2, 0.25) is 0 Å². The molecule has 1 unspecified atom stereocenters. The van der Waals surface area contributed by atoms with Gasteiger partial charge in [-0.1, -0.05) is 0 Å². The van der Waals surface area contributed by atoms with Crippen molar-refractivity contribution in [2.75, 3.05) is 6.54 Å². The Labute approximate surface area is 43.1 Å². The van der Waals surface area contributed by atoms with Crippen molar-refractivity contribution in [3.8, 4) is 6.07 Å². The van der Waals surface area contributed by atoms with Crippen LogP contribution in [0.25, 0.3) is 0 Å². The molecule has 1 aliphatic heterocycles. The third-order valence-electron chi connectivity index (χ3n) is 1.10. The van der Waals surface area contributed by atoms with Gasteiger partial charge in [-0.3, -0.25) is 0 Å². The molecule has 0 spiro atoms. The van der Waals surface area contributed by atoms with Crippen LogP contribution in [0.3, 0.4) is 0 Å². The van der Waals surface area contributed by atoms with Gasteiger partial charge in [-0.2, -0.15) is 5.26 Å². The maximum Gasteiger partial charge on any atom is 0.0622 e. The second-order valence-corrected chi connectivity index (χ2v) is 1.80. The molecule has 1 fully saturated rings. The summed E-state index contributed by atoms with van der Waals surface area (Å²) in [6.07, 6.45) is 1.74. The van der Waals surface area contributed by atoms with E-state index in [0.717, 1.165) is 13.0 Å². The fourth-order valence-electron chi connectivity index (χ4n) is 0.526. The highest BCUT2D eigenvalue weighted by Crippen LogP contribution is 2.03. The molecule has 1 aliphatic rings. The summed E-state index contributed by atoms with van der Waals surface area (Å²) in [6, 6.07) is 2.78. The zero-order valence-electron chi connectivity index (χ0n) is 4.15. The van der Waals surface area contributed by atoms with Crippen LogP contribution in [0.1, 0.15) is 12.8 Å². The molecule has 38 valence electrons. The van der Waals surface area contributed by atoms with Gasteiger partial charge in [0.25, 0.3) is 0 Å². The Morgan fingerprint density at radius 1 is 1.86 bits per heavy atom. The van der Waals surface area contributed by atoms with Gasteiger partial charge < -0.3 is 5.32 Å². The van der Waals surface area contributed by atoms with Crippen LogP contribution >= 0.6 is 0 Å². The number of nitrogens with zero attached hydrogens (tertiary/aromatic N) is 1. The maximum absolute atomic E-state index is 8.07. The summed E-state index contributed by atoms with van der Waals surface area (Å²) in [6.45, 7) is 1.13. The summed E-state index contributed by atoms with van der Waals surface area (Å²) in [5.74, 6) is 0. The molecule has 0 amide bonds. The summed E-state index contributed by atoms with van der Waals surface area (Å²) in [5.41, 5.74) is 0. The van der Waals surface area contributed by atoms with Gasteiger partial charge in [0.05, 0.1) is 6.07 Å². The van der Waals surface area contributed by atoms with Crippen molar-refractivity contribution in [3.63, 3.8) is 0 Å². The fraction of sp³-hybridized carbons (Fsp3) is 0.800. The third kappa shape index (κ3) is 1.56. The molecule has 2 heteroatoms. The van der Waals surface area contributed by atoms with Crippen molar-refractivity contribution in [3.05, 3.63) is 0 Å². The van der Waals surface area contributed by atoms with E-state index in [9.17, 15) is 0 Å². The normalized spacial score (nSPS) is 26.4. The molecule has 1 atom stereocenters. The molecule has 1 N–H and O–H groups in total. The predicted octanol–water partition coefficient (Wildman–Crippen LogP) is 0.262. The number of hydrogen-bond donors (Lipinski definition) is 1. The van der Waals surface area contributed by atoms with Gasteiger partial charge in [0, 0.05) is 19.0 Å². The lowest BCUT2D eigenvalue weighted by Gasteiger charge is -1.79. The Morgan fingerprint density at radius 2 is 2.57 bits per heavy atom. The standard InChI is InChI=1S/C5H8N2/c6-3-1-2-5-4-7-5/h5,7H,1-2,4H2. The van der Waals surface area contributed by atoms with Gasteiger partial charge in [-0.05, 0) is 6.42 Å². The van der Waals surface area contributed by atoms with E-state index < -0.39 is 0 Å². The first-order chi connectivity index (χ1) is 3.43. The monoisotopic (exact) mass is 96.1 g/mol. The molecule has 0 saturated carbocycles. The molecule has 0 aromatic heterocycles. The highest BCUT2D eigenvalue weighted by atomic mass is 15.1. The summed E-state index contributed by atoms with van der Waals surface area (Å²) in [4.78, 5) is 0. The molecule has 0 aromatic carbocycles. The van der Waals surface area contributed by atoms with Gasteiger partial charge >= 0.3 is 0 Å². The fourth-order valence-corrected chi connectivity index (χ4v) is 0.526. The van der Waals surface area contributed by atoms with Crippen molar-refractivity contribution >= 4 is 0 Å². The second kappa shape index (κ2) is 1.94. The summed E-state index contributed by atoms with van der Waals surface area (Å²) in [5, 5.41) is 11.2. The van der Waals surface area contributed by atoms with Crippen LogP contribution in [0.4, 0.5) is 0 Å². The smallest absolute Gasteiger partial charge is 0.0622 e. The van der Waals surface area contributed by atoms with Crippen LogP contribution in [0.2, 0.25) is 0 Å². The van der Waals surface area contributed by atoms with Crippen molar-refractivity contribution in [2.24, 2.45) is 0 Å². The molecule has 2 nitrogen and oxygen atoms in total. The van der Waals surface area contributed by atoms with Gasteiger partial charge in [-0.15, -0.1) is 0 Å². The van der Waals surface area contributed by atoms with Gasteiger partial charge in [-0.25, -0.2) is 0 Å². The average molecular weight is 96.1 g/mol. The first-order valence-corrected chi connectivity index (χ1v) is 2.54. The van der Waals surface area contributed by atoms with Crippen molar-refractivity contribution in [2.45, 2.75) is 18.9 Å². The van der Waals surface area contributed by atoms with E-state index in [1.54, 1.807) is 0 Å². The predicted molar refractivity (Wildman–Crippen MR) is 26.6 cm³/mol. The Hall–Kier alpha value is -0.550. The van der Waals surface area contributed by atoms with Crippen LogP contribution in [0, 0.1) is 11.3 Å². The molecule has 1 heterocycles. The first-order valence-electron chi connectivity index (χ1n) is 2.54. The zero-order chi connectivity index (χ0) is 5.11. The Morgan fingerprint density at radius 3 is 3.00 bits per heavy atom. The molecular formula is C5H8N2. The van der Waals surface area contributed by atoms with Gasteiger partial charge in [0.15, 0.2) is 0 Å². The van der Waals surface area contributed by atoms with Crippen LogP contribution in [-0.2, 0) is 0 Å². The lowest BCUT2D eigenvalue weighted by atomic mass is 10.3. The van der Waals surface area contributed by atoms with E-state index >= 15 is 0 Å². The first kappa shape index (κ1) is 4.61. The minimum atomic E-state index is 0.680. The minimum absolute atomic E-state index is 0.680. The average Bonchev–Trinajstić information content (AvgIpc) is 2.42. The Balaban J connectivity index is 1.91. The van der Waals surface area contributed by atoms with Crippen molar-refractivity contribution < 1.29 is 0 Å². The SMILES string of the molecule is N#CCCC1CN1. The number of rotatable bonds is 2. The lowest BCUT2D eigenvalue weighted by Crippen LogP contribution is -1.86. The molecule has 0 radical (unpaired) electrons. The number of nitriles is 1. The summed E-state index contributed by atoms with van der Waals surface area (Å²) in [7, 11) is 0. The van der Waals surface area contributed by atoms with Crippen LogP contribution in [-0.4, -0.2) is 12.6 Å². The number of hydrogen-bond acceptors (Lipinski definition) is 2. The second-order valence-electron chi connectivity index (χ2n) is 1.80. The molecule has 0 bridgehead atoms. The summed E-state index contributed by atoms with van der Waals surface area (Å²) >= 11 is 0. The molecule has 0 aliphatic carbocycles. The lowest BCUT2D eigenvalue weighted by molar-refractivity contribution is 0.829. The van der Waals surface area contributed by atoms with E-state index in [2.05, 4.69) is 11.4 Å². The van der Waals surface area contributed by atoms with E-state index in [4.69, 9.17) is 5.26 Å². The third-order valence-corrected chi connectivity index (χ3v) is 1.10. The molecule has 1 rings (SSSR count). The molecular weight excluding hydrogens is 88.1 g/mol. The quantitative estimate of drug-likeness (QED) is 0.501.